The Morgan fingerprint density at radius 2 is 2.11 bits per heavy atom. The Morgan fingerprint density at radius 3 is 2.74 bits per heavy atom. The molecule has 0 saturated carbocycles. The molecule has 0 amide bonds. The number of aromatic nitrogens is 3. The van der Waals surface area contributed by atoms with Gasteiger partial charge in [0, 0.05) is 16.7 Å². The molecule has 19 heavy (non-hydrogen) atoms. The number of aryl methyl sites for hydroxylation is 1. The maximum atomic E-state index is 4.75. The Hall–Kier alpha value is -1.20. The molecule has 0 aliphatic heterocycles. The summed E-state index contributed by atoms with van der Waals surface area (Å²) in [5.74, 6) is 0.813. The van der Waals surface area contributed by atoms with E-state index in [0.717, 1.165) is 31.9 Å². The van der Waals surface area contributed by atoms with Crippen LogP contribution in [-0.2, 0) is 0 Å². The molecule has 0 fully saturated rings. The first-order chi connectivity index (χ1) is 9.08. The first-order valence-corrected chi connectivity index (χ1v) is 7.83. The summed E-state index contributed by atoms with van der Waals surface area (Å²) in [4.78, 5) is 10.5. The number of thiophene rings is 1. The fraction of sp³-hybridized carbons (Fsp3) is 0.286. The lowest BCUT2D eigenvalue weighted by Crippen LogP contribution is -2.01. The van der Waals surface area contributed by atoms with Gasteiger partial charge in [0.2, 0.25) is 0 Å². The van der Waals surface area contributed by atoms with Gasteiger partial charge >= 0.3 is 0 Å². The third kappa shape index (κ3) is 2.11. The Kier molecular flexibility index (Phi) is 3.19. The van der Waals surface area contributed by atoms with Crippen molar-refractivity contribution in [3.8, 4) is 10.7 Å². The maximum Gasteiger partial charge on any atom is 0.171 e. The van der Waals surface area contributed by atoms with Crippen molar-refractivity contribution in [3.05, 3.63) is 33.9 Å². The minimum atomic E-state index is 0.374. The lowest BCUT2D eigenvalue weighted by atomic mass is 10.3. The highest BCUT2D eigenvalue weighted by molar-refractivity contribution is 9.10. The first-order valence-electron chi connectivity index (χ1n) is 6.16. The van der Waals surface area contributed by atoms with Crippen molar-refractivity contribution >= 4 is 38.3 Å². The number of nitrogens with zero attached hydrogens (tertiary/aromatic N) is 3. The van der Waals surface area contributed by atoms with E-state index in [1.165, 1.54) is 0 Å². The molecule has 0 bridgehead atoms. The summed E-state index contributed by atoms with van der Waals surface area (Å²) < 4.78 is 3.25. The van der Waals surface area contributed by atoms with Crippen LogP contribution in [0.5, 0.6) is 0 Å². The minimum Gasteiger partial charge on any atom is -0.329 e. The quantitative estimate of drug-likeness (QED) is 0.672. The van der Waals surface area contributed by atoms with Gasteiger partial charge in [-0.15, -0.1) is 11.3 Å². The highest BCUT2D eigenvalue weighted by Gasteiger charge is 2.15. The zero-order chi connectivity index (χ0) is 13.6. The summed E-state index contributed by atoms with van der Waals surface area (Å²) in [5, 5.41) is 3.16. The van der Waals surface area contributed by atoms with Crippen molar-refractivity contribution in [1.29, 1.82) is 0 Å². The van der Waals surface area contributed by atoms with Crippen LogP contribution in [0.3, 0.4) is 0 Å². The van der Waals surface area contributed by atoms with Gasteiger partial charge in [-0.05, 0) is 48.1 Å². The molecule has 98 valence electrons. The molecule has 3 nitrogen and oxygen atoms in total. The highest BCUT2D eigenvalue weighted by Crippen LogP contribution is 2.32. The van der Waals surface area contributed by atoms with Crippen LogP contribution >= 0.6 is 27.3 Å². The third-order valence-corrected chi connectivity index (χ3v) is 4.57. The molecule has 5 heteroatoms. The van der Waals surface area contributed by atoms with E-state index in [9.17, 15) is 0 Å². The molecule has 3 rings (SSSR count). The van der Waals surface area contributed by atoms with Gasteiger partial charge in [-0.1, -0.05) is 6.07 Å². The summed E-state index contributed by atoms with van der Waals surface area (Å²) in [6.45, 7) is 6.36. The second-order valence-corrected chi connectivity index (χ2v) is 6.59. The van der Waals surface area contributed by atoms with Gasteiger partial charge in [-0.25, -0.2) is 9.97 Å². The molecule has 3 aromatic heterocycles. The number of rotatable bonds is 2. The minimum absolute atomic E-state index is 0.374. The van der Waals surface area contributed by atoms with Gasteiger partial charge in [0.05, 0.1) is 16.0 Å². The summed E-state index contributed by atoms with van der Waals surface area (Å²) in [6, 6.07) is 4.46. The van der Waals surface area contributed by atoms with Crippen molar-refractivity contribution in [2.45, 2.75) is 26.8 Å². The van der Waals surface area contributed by atoms with Gasteiger partial charge in [0.1, 0.15) is 5.65 Å². The van der Waals surface area contributed by atoms with Crippen LogP contribution in [0.25, 0.3) is 21.7 Å². The normalized spacial score (nSPS) is 11.6. The topological polar surface area (TPSA) is 30.7 Å². The predicted octanol–water partition coefficient (Wildman–Crippen LogP) is 4.81. The number of hydrogen-bond acceptors (Lipinski definition) is 3. The molecule has 0 unspecified atom stereocenters. The van der Waals surface area contributed by atoms with E-state index in [1.807, 2.05) is 13.0 Å². The van der Waals surface area contributed by atoms with Gasteiger partial charge in [0.25, 0.3) is 0 Å². The molecule has 0 aliphatic carbocycles. The molecule has 3 aromatic rings. The molecule has 0 aliphatic rings. The molecule has 0 aromatic carbocycles. The van der Waals surface area contributed by atoms with E-state index >= 15 is 0 Å². The number of fused-ring (bicyclic) bond motifs is 1. The Labute approximate surface area is 124 Å². The van der Waals surface area contributed by atoms with Crippen molar-refractivity contribution in [2.24, 2.45) is 0 Å². The van der Waals surface area contributed by atoms with Crippen LogP contribution in [-0.4, -0.2) is 14.5 Å². The zero-order valence-corrected chi connectivity index (χ0v) is 13.4. The standard InChI is InChI=1S/C14H14BrN3S/c1-8(2)18-7-10(15)12-9(3)16-13(17-14(12)18)11-5-4-6-19-11/h4-8H,1-3H3. The van der Waals surface area contributed by atoms with E-state index in [-0.39, 0.29) is 0 Å². The van der Waals surface area contributed by atoms with Gasteiger partial charge < -0.3 is 4.57 Å². The van der Waals surface area contributed by atoms with Crippen LogP contribution in [0, 0.1) is 6.92 Å². The van der Waals surface area contributed by atoms with Crippen LogP contribution < -0.4 is 0 Å². The van der Waals surface area contributed by atoms with E-state index in [0.29, 0.717) is 6.04 Å². The van der Waals surface area contributed by atoms with Gasteiger partial charge in [-0.2, -0.15) is 0 Å². The monoisotopic (exact) mass is 335 g/mol. The molecule has 0 saturated heterocycles. The number of halogens is 1. The van der Waals surface area contributed by atoms with Crippen LogP contribution in [0.4, 0.5) is 0 Å². The number of hydrogen-bond donors (Lipinski definition) is 0. The lowest BCUT2D eigenvalue weighted by Gasteiger charge is -2.09. The lowest BCUT2D eigenvalue weighted by molar-refractivity contribution is 0.617. The van der Waals surface area contributed by atoms with Crippen molar-refractivity contribution < 1.29 is 0 Å². The molecule has 0 spiro atoms. The predicted molar refractivity (Wildman–Crippen MR) is 83.7 cm³/mol. The SMILES string of the molecule is Cc1nc(-c2cccs2)nc2c1c(Br)cn2C(C)C. The largest absolute Gasteiger partial charge is 0.329 e. The molecular weight excluding hydrogens is 322 g/mol. The highest BCUT2D eigenvalue weighted by atomic mass is 79.9. The summed E-state index contributed by atoms with van der Waals surface area (Å²) >= 11 is 5.28. The molecule has 0 atom stereocenters. The van der Waals surface area contributed by atoms with Gasteiger partial charge in [-0.3, -0.25) is 0 Å². The van der Waals surface area contributed by atoms with E-state index in [4.69, 9.17) is 4.98 Å². The maximum absolute atomic E-state index is 4.75. The Bertz CT molecular complexity index is 729. The fourth-order valence-corrected chi connectivity index (χ4v) is 3.52. The zero-order valence-electron chi connectivity index (χ0n) is 11.0. The molecule has 0 N–H and O–H groups in total. The smallest absolute Gasteiger partial charge is 0.171 e. The van der Waals surface area contributed by atoms with E-state index < -0.39 is 0 Å². The fourth-order valence-electron chi connectivity index (χ4n) is 2.18. The Balaban J connectivity index is 2.32. The van der Waals surface area contributed by atoms with Crippen molar-refractivity contribution in [1.82, 2.24) is 14.5 Å². The van der Waals surface area contributed by atoms with Gasteiger partial charge in [0.15, 0.2) is 5.82 Å². The van der Waals surface area contributed by atoms with E-state index in [2.05, 4.69) is 57.0 Å². The molecule has 3 heterocycles. The second kappa shape index (κ2) is 4.72. The first kappa shape index (κ1) is 12.8. The van der Waals surface area contributed by atoms with E-state index in [1.54, 1.807) is 11.3 Å². The van der Waals surface area contributed by atoms with Crippen LogP contribution in [0.1, 0.15) is 25.6 Å². The second-order valence-electron chi connectivity index (χ2n) is 4.79. The molecule has 0 radical (unpaired) electrons. The summed E-state index contributed by atoms with van der Waals surface area (Å²) in [6.07, 6.45) is 2.09. The summed E-state index contributed by atoms with van der Waals surface area (Å²) in [5.41, 5.74) is 2.01. The van der Waals surface area contributed by atoms with Crippen molar-refractivity contribution in [2.75, 3.05) is 0 Å². The average molecular weight is 336 g/mol. The molecular formula is C14H14BrN3S. The third-order valence-electron chi connectivity index (χ3n) is 3.10. The van der Waals surface area contributed by atoms with Crippen LogP contribution in [0.15, 0.2) is 28.2 Å². The van der Waals surface area contributed by atoms with Crippen molar-refractivity contribution in [3.63, 3.8) is 0 Å². The Morgan fingerprint density at radius 1 is 1.32 bits per heavy atom. The average Bonchev–Trinajstić information content (AvgIpc) is 2.96. The van der Waals surface area contributed by atoms with Crippen LogP contribution in [0.2, 0.25) is 0 Å². The summed E-state index contributed by atoms with van der Waals surface area (Å²) in [7, 11) is 0.